The van der Waals surface area contributed by atoms with Crippen LogP contribution < -0.4 is 15.4 Å². The van der Waals surface area contributed by atoms with Gasteiger partial charge in [0.1, 0.15) is 18.5 Å². The first-order chi connectivity index (χ1) is 15.6. The van der Waals surface area contributed by atoms with E-state index in [1.165, 1.54) is 22.3 Å². The number of benzene rings is 3. The second kappa shape index (κ2) is 8.58. The first-order valence-corrected chi connectivity index (χ1v) is 11.2. The molecular weight excluding hydrogens is 400 g/mol. The van der Waals surface area contributed by atoms with Gasteiger partial charge in [0.15, 0.2) is 0 Å². The highest BCUT2D eigenvalue weighted by Crippen LogP contribution is 2.44. The lowest BCUT2D eigenvalue weighted by atomic mass is 9.98. The Morgan fingerprint density at radius 1 is 1.03 bits per heavy atom. The number of hydrogen-bond acceptors (Lipinski definition) is 4. The summed E-state index contributed by atoms with van der Waals surface area (Å²) in [4.78, 5) is 12.4. The summed E-state index contributed by atoms with van der Waals surface area (Å²) < 4.78 is 11.6. The van der Waals surface area contributed by atoms with Crippen molar-refractivity contribution in [3.05, 3.63) is 83.4 Å². The van der Waals surface area contributed by atoms with Gasteiger partial charge in [0.2, 0.25) is 0 Å². The molecule has 0 bridgehead atoms. The minimum Gasteiger partial charge on any atom is -0.488 e. The van der Waals surface area contributed by atoms with Crippen LogP contribution in [0.5, 0.6) is 5.75 Å². The molecule has 2 aliphatic rings. The smallest absolute Gasteiger partial charge is 0.407 e. The van der Waals surface area contributed by atoms with Gasteiger partial charge in [-0.3, -0.25) is 0 Å². The van der Waals surface area contributed by atoms with Gasteiger partial charge in [-0.1, -0.05) is 48.5 Å². The summed E-state index contributed by atoms with van der Waals surface area (Å²) in [6, 6.07) is 23.2. The quantitative estimate of drug-likeness (QED) is 0.556. The molecule has 164 valence electrons. The lowest BCUT2D eigenvalue weighted by molar-refractivity contribution is 0.136. The summed E-state index contributed by atoms with van der Waals surface area (Å²) in [7, 11) is 0. The molecule has 1 heterocycles. The van der Waals surface area contributed by atoms with Gasteiger partial charge in [-0.05, 0) is 59.9 Å². The average molecular weight is 429 g/mol. The zero-order valence-corrected chi connectivity index (χ0v) is 18.4. The Bertz CT molecular complexity index is 1100. The van der Waals surface area contributed by atoms with Crippen molar-refractivity contribution in [3.63, 3.8) is 0 Å². The summed E-state index contributed by atoms with van der Waals surface area (Å²) in [6.07, 6.45) is 0.278. The number of fused-ring (bicyclic) bond motifs is 4. The number of ether oxygens (including phenoxy) is 2. The predicted molar refractivity (Wildman–Crippen MR) is 126 cm³/mol. The van der Waals surface area contributed by atoms with Crippen LogP contribution in [0, 0.1) is 0 Å². The van der Waals surface area contributed by atoms with Gasteiger partial charge in [0.05, 0.1) is 6.54 Å². The zero-order chi connectivity index (χ0) is 22.1. The number of anilines is 1. The minimum absolute atomic E-state index is 0.0620. The molecule has 0 spiro atoms. The fourth-order valence-electron chi connectivity index (χ4n) is 4.70. The van der Waals surface area contributed by atoms with Gasteiger partial charge in [-0.2, -0.15) is 0 Å². The monoisotopic (exact) mass is 428 g/mol. The molecule has 0 radical (unpaired) electrons. The van der Waals surface area contributed by atoms with E-state index < -0.39 is 6.09 Å². The highest BCUT2D eigenvalue weighted by molar-refractivity contribution is 5.79. The maximum atomic E-state index is 12.4. The molecule has 0 saturated carbocycles. The van der Waals surface area contributed by atoms with E-state index in [1.54, 1.807) is 0 Å². The molecule has 2 N–H and O–H groups in total. The summed E-state index contributed by atoms with van der Waals surface area (Å²) in [6.45, 7) is 4.96. The molecule has 0 saturated heterocycles. The Hall–Kier alpha value is -3.47. The summed E-state index contributed by atoms with van der Waals surface area (Å²) in [5.74, 6) is 0.950. The van der Waals surface area contributed by atoms with Gasteiger partial charge < -0.3 is 20.1 Å². The van der Waals surface area contributed by atoms with Crippen molar-refractivity contribution in [2.45, 2.75) is 38.3 Å². The number of amides is 1. The van der Waals surface area contributed by atoms with Gasteiger partial charge >= 0.3 is 6.09 Å². The fourth-order valence-corrected chi connectivity index (χ4v) is 4.70. The molecule has 1 aliphatic heterocycles. The minimum atomic E-state index is -0.409. The number of carbonyl (C=O) groups is 1. The first kappa shape index (κ1) is 20.4. The van der Waals surface area contributed by atoms with Crippen LogP contribution in [-0.4, -0.2) is 31.4 Å². The number of hydrogen-bond donors (Lipinski definition) is 2. The van der Waals surface area contributed by atoms with Crippen LogP contribution in [0.3, 0.4) is 0 Å². The Morgan fingerprint density at radius 3 is 2.41 bits per heavy atom. The largest absolute Gasteiger partial charge is 0.488 e. The molecule has 1 atom stereocenters. The van der Waals surface area contributed by atoms with E-state index in [1.807, 2.05) is 36.4 Å². The molecule has 5 nitrogen and oxygen atoms in total. The summed E-state index contributed by atoms with van der Waals surface area (Å²) >= 11 is 0. The molecule has 32 heavy (non-hydrogen) atoms. The Kier molecular flexibility index (Phi) is 5.48. The predicted octanol–water partition coefficient (Wildman–Crippen LogP) is 5.35. The van der Waals surface area contributed by atoms with E-state index in [9.17, 15) is 4.79 Å². The molecular formula is C27H28N2O3. The molecule has 5 heteroatoms. The third kappa shape index (κ3) is 4.03. The van der Waals surface area contributed by atoms with Crippen LogP contribution in [0.25, 0.3) is 11.1 Å². The van der Waals surface area contributed by atoms with E-state index >= 15 is 0 Å². The summed E-state index contributed by atoms with van der Waals surface area (Å²) in [5.41, 5.74) is 7.12. The highest BCUT2D eigenvalue weighted by atomic mass is 16.5. The van der Waals surface area contributed by atoms with Crippen molar-refractivity contribution in [1.29, 1.82) is 0 Å². The standard InChI is InChI=1S/C27H28N2O3/c1-17(2)29-19-11-12-26-18(13-19)14-20(32-26)15-28-27(30)31-16-25-23-9-5-3-7-21(23)22-8-4-6-10-24(22)25/h3-13,17,20,25,29H,14-16H2,1-2H3,(H,28,30). The van der Waals surface area contributed by atoms with Gasteiger partial charge in [-0.25, -0.2) is 4.79 Å². The van der Waals surface area contributed by atoms with Crippen LogP contribution in [0.1, 0.15) is 36.5 Å². The first-order valence-electron chi connectivity index (χ1n) is 11.2. The number of rotatable bonds is 6. The third-order valence-electron chi connectivity index (χ3n) is 6.07. The van der Waals surface area contributed by atoms with Crippen molar-refractivity contribution < 1.29 is 14.3 Å². The molecule has 5 rings (SSSR count). The van der Waals surface area contributed by atoms with Crippen LogP contribution in [-0.2, 0) is 11.2 Å². The Labute approximate surface area is 188 Å². The fraction of sp³-hybridized carbons (Fsp3) is 0.296. The van der Waals surface area contributed by atoms with Crippen molar-refractivity contribution >= 4 is 11.8 Å². The SMILES string of the molecule is CC(C)Nc1ccc2c(c1)CC(CNC(=O)OCC1c3ccccc3-c3ccccc31)O2. The van der Waals surface area contributed by atoms with Crippen molar-refractivity contribution in [2.24, 2.45) is 0 Å². The van der Waals surface area contributed by atoms with Gasteiger partial charge in [0, 0.05) is 24.1 Å². The van der Waals surface area contributed by atoms with Crippen molar-refractivity contribution in [1.82, 2.24) is 5.32 Å². The molecule has 1 aliphatic carbocycles. The van der Waals surface area contributed by atoms with E-state index in [-0.39, 0.29) is 12.0 Å². The molecule has 0 aromatic heterocycles. The number of alkyl carbamates (subject to hydrolysis) is 1. The van der Waals surface area contributed by atoms with E-state index in [0.29, 0.717) is 19.2 Å². The molecule has 3 aromatic carbocycles. The normalized spacial score (nSPS) is 16.2. The third-order valence-corrected chi connectivity index (χ3v) is 6.07. The van der Waals surface area contributed by atoms with Crippen LogP contribution in [0.4, 0.5) is 10.5 Å². The maximum absolute atomic E-state index is 12.4. The van der Waals surface area contributed by atoms with Gasteiger partial charge in [-0.15, -0.1) is 0 Å². The average Bonchev–Trinajstić information content (AvgIpc) is 3.34. The van der Waals surface area contributed by atoms with E-state index in [0.717, 1.165) is 23.4 Å². The lowest BCUT2D eigenvalue weighted by Crippen LogP contribution is -2.35. The van der Waals surface area contributed by atoms with Crippen LogP contribution in [0.15, 0.2) is 66.7 Å². The second-order valence-electron chi connectivity index (χ2n) is 8.77. The topological polar surface area (TPSA) is 59.6 Å². The second-order valence-corrected chi connectivity index (χ2v) is 8.77. The van der Waals surface area contributed by atoms with Crippen molar-refractivity contribution in [2.75, 3.05) is 18.5 Å². The zero-order valence-electron chi connectivity index (χ0n) is 18.4. The Morgan fingerprint density at radius 2 is 1.72 bits per heavy atom. The molecule has 0 fully saturated rings. The molecule has 3 aromatic rings. The maximum Gasteiger partial charge on any atom is 0.407 e. The molecule has 1 unspecified atom stereocenters. The Balaban J connectivity index is 1.16. The van der Waals surface area contributed by atoms with Crippen molar-refractivity contribution in [3.8, 4) is 16.9 Å². The number of nitrogens with one attached hydrogen (secondary N) is 2. The van der Waals surface area contributed by atoms with Gasteiger partial charge in [0.25, 0.3) is 0 Å². The van der Waals surface area contributed by atoms with E-state index in [2.05, 4.69) is 54.8 Å². The lowest BCUT2D eigenvalue weighted by Gasteiger charge is -2.16. The highest BCUT2D eigenvalue weighted by Gasteiger charge is 2.29. The summed E-state index contributed by atoms with van der Waals surface area (Å²) in [5, 5.41) is 6.29. The van der Waals surface area contributed by atoms with E-state index in [4.69, 9.17) is 9.47 Å². The van der Waals surface area contributed by atoms with Crippen LogP contribution >= 0.6 is 0 Å². The number of carbonyl (C=O) groups excluding carboxylic acids is 1. The van der Waals surface area contributed by atoms with Crippen LogP contribution in [0.2, 0.25) is 0 Å². The molecule has 1 amide bonds.